The Balaban J connectivity index is 0.00000289. The Morgan fingerprint density at radius 1 is 1.32 bits per heavy atom. The minimum atomic E-state index is -1.03. The van der Waals surface area contributed by atoms with E-state index in [0.29, 0.717) is 29.8 Å². The molecule has 164 valence electrons. The van der Waals surface area contributed by atoms with Crippen LogP contribution in [0.4, 0.5) is 14.9 Å². The molecule has 2 bridgehead atoms. The van der Waals surface area contributed by atoms with E-state index >= 15 is 0 Å². The summed E-state index contributed by atoms with van der Waals surface area (Å²) in [6.45, 7) is 5.34. The number of carbonyl (C=O) groups excluding carboxylic acids is 2. The zero-order chi connectivity index (χ0) is 22.3. The van der Waals surface area contributed by atoms with Crippen LogP contribution in [0.25, 0.3) is 11.4 Å². The lowest BCUT2D eigenvalue weighted by Crippen LogP contribution is -2.75. The number of amidine groups is 1. The fourth-order valence-corrected chi connectivity index (χ4v) is 4.84. The van der Waals surface area contributed by atoms with E-state index in [4.69, 9.17) is 5.73 Å². The molecule has 4 rings (SSSR count). The molecular weight excluding hydrogens is 399 g/mol. The van der Waals surface area contributed by atoms with Crippen molar-refractivity contribution in [2.75, 3.05) is 5.32 Å². The molecule has 3 N–H and O–H groups in total. The van der Waals surface area contributed by atoms with Gasteiger partial charge in [0.25, 0.3) is 5.91 Å². The van der Waals surface area contributed by atoms with Crippen LogP contribution < -0.4 is 11.1 Å². The third kappa shape index (κ3) is 3.64. The number of hydrogen-bond donors (Lipinski definition) is 2. The first-order valence-corrected chi connectivity index (χ1v) is 10.2. The second kappa shape index (κ2) is 7.72. The molecule has 2 aromatic rings. The van der Waals surface area contributed by atoms with Crippen LogP contribution in [0.1, 0.15) is 40.1 Å². The van der Waals surface area contributed by atoms with Crippen molar-refractivity contribution in [1.82, 2.24) is 14.9 Å². The van der Waals surface area contributed by atoms with Crippen LogP contribution in [0.15, 0.2) is 35.6 Å². The molecule has 31 heavy (non-hydrogen) atoms. The van der Waals surface area contributed by atoms with Gasteiger partial charge in [0.1, 0.15) is 11.4 Å². The maximum Gasteiger partial charge on any atom is 0.323 e. The molecule has 9 heteroatoms. The molecule has 8 nitrogen and oxygen atoms in total. The van der Waals surface area contributed by atoms with E-state index in [0.717, 1.165) is 6.42 Å². The molecule has 1 aromatic carbocycles. The van der Waals surface area contributed by atoms with Gasteiger partial charge in [-0.25, -0.2) is 19.2 Å². The van der Waals surface area contributed by atoms with Crippen molar-refractivity contribution in [1.29, 1.82) is 0 Å². The van der Waals surface area contributed by atoms with Crippen molar-refractivity contribution in [3.63, 3.8) is 0 Å². The normalized spacial score (nSPS) is 25.0. The number of nitrogens with zero attached hydrogens (tertiary/aromatic N) is 4. The van der Waals surface area contributed by atoms with Gasteiger partial charge in [-0.2, -0.15) is 4.99 Å². The smallest absolute Gasteiger partial charge is 0.323 e. The number of aliphatic imine (C=N–C) groups is 1. The number of likely N-dealkylation sites (tertiary alicyclic amines) is 1. The van der Waals surface area contributed by atoms with Crippen molar-refractivity contribution in [3.8, 4) is 11.4 Å². The maximum atomic E-state index is 14.7. The van der Waals surface area contributed by atoms with Gasteiger partial charge in [-0.05, 0) is 56.4 Å². The van der Waals surface area contributed by atoms with Gasteiger partial charge in [0.05, 0.1) is 11.5 Å². The molecule has 1 aromatic heterocycles. The average molecular weight is 426 g/mol. The Kier molecular flexibility index (Phi) is 5.20. The highest BCUT2D eigenvalue weighted by Crippen LogP contribution is 2.50. The standard InChI is InChI=1S/C22H25FN6O2.H2/c1-12-7-15-11-22(10-12,20(30)27-14(3)24)29(15)21(31)28-18-9-16(13(2)8-17(18)23)19-25-5-4-6-26-19;/h4-6,8-9,12,15H,7,10-11H2,1-3H3,(H,28,31)(H2,24,27,30);1H/t12-,15?,22?;/m0./s1. The van der Waals surface area contributed by atoms with Crippen LogP contribution in [0.2, 0.25) is 0 Å². The Bertz CT molecular complexity index is 1080. The summed E-state index contributed by atoms with van der Waals surface area (Å²) in [6, 6.07) is 3.93. The number of urea groups is 1. The number of piperidine rings is 1. The molecule has 2 fully saturated rings. The minimum Gasteiger partial charge on any atom is -0.387 e. The van der Waals surface area contributed by atoms with Gasteiger partial charge < -0.3 is 16.0 Å². The van der Waals surface area contributed by atoms with Crippen LogP contribution in [0.3, 0.4) is 0 Å². The lowest BCUT2D eigenvalue weighted by atomic mass is 9.64. The van der Waals surface area contributed by atoms with E-state index in [-0.39, 0.29) is 24.9 Å². The number of nitrogens with one attached hydrogen (secondary N) is 1. The van der Waals surface area contributed by atoms with Crippen LogP contribution in [-0.4, -0.2) is 44.2 Å². The summed E-state index contributed by atoms with van der Waals surface area (Å²) in [4.78, 5) is 39.9. The lowest BCUT2D eigenvalue weighted by molar-refractivity contribution is -0.151. The molecule has 3 atom stereocenters. The summed E-state index contributed by atoms with van der Waals surface area (Å²) in [5.74, 6) is -0.130. The Labute approximate surface area is 181 Å². The highest BCUT2D eigenvalue weighted by molar-refractivity contribution is 6.02. The maximum absolute atomic E-state index is 14.7. The van der Waals surface area contributed by atoms with Gasteiger partial charge >= 0.3 is 6.03 Å². The first-order chi connectivity index (χ1) is 14.7. The zero-order valence-corrected chi connectivity index (χ0v) is 17.7. The molecular formula is C22H27FN6O2. The van der Waals surface area contributed by atoms with Crippen molar-refractivity contribution >= 4 is 23.5 Å². The largest absolute Gasteiger partial charge is 0.387 e. The van der Waals surface area contributed by atoms with E-state index in [1.54, 1.807) is 25.4 Å². The van der Waals surface area contributed by atoms with Gasteiger partial charge in [0, 0.05) is 31.8 Å². The number of aryl methyl sites for hydroxylation is 1. The predicted octanol–water partition coefficient (Wildman–Crippen LogP) is 3.52. The van der Waals surface area contributed by atoms with E-state index in [1.807, 2.05) is 6.92 Å². The number of nitrogens with two attached hydrogens (primary N) is 1. The fourth-order valence-electron chi connectivity index (χ4n) is 4.84. The summed E-state index contributed by atoms with van der Waals surface area (Å²) in [5.41, 5.74) is 5.86. The van der Waals surface area contributed by atoms with Gasteiger partial charge in [-0.15, -0.1) is 0 Å². The zero-order valence-electron chi connectivity index (χ0n) is 17.7. The third-order valence-electron chi connectivity index (χ3n) is 6.02. The number of rotatable bonds is 3. The molecule has 1 saturated carbocycles. The number of hydrogen-bond acceptors (Lipinski definition) is 4. The Morgan fingerprint density at radius 2 is 2.03 bits per heavy atom. The second-order valence-electron chi connectivity index (χ2n) is 8.51. The van der Waals surface area contributed by atoms with Crippen LogP contribution in [-0.2, 0) is 4.79 Å². The lowest BCUT2D eigenvalue weighted by Gasteiger charge is -2.61. The molecule has 2 aliphatic rings. The summed E-state index contributed by atoms with van der Waals surface area (Å²) in [5, 5.41) is 2.65. The van der Waals surface area contributed by atoms with Crippen molar-refractivity contribution in [2.45, 2.75) is 51.6 Å². The van der Waals surface area contributed by atoms with Crippen LogP contribution in [0, 0.1) is 18.7 Å². The number of halogens is 1. The first kappa shape index (κ1) is 20.9. The van der Waals surface area contributed by atoms with Crippen LogP contribution >= 0.6 is 0 Å². The van der Waals surface area contributed by atoms with Gasteiger partial charge in [0.2, 0.25) is 0 Å². The molecule has 0 radical (unpaired) electrons. The summed E-state index contributed by atoms with van der Waals surface area (Å²) >= 11 is 0. The monoisotopic (exact) mass is 426 g/mol. The van der Waals surface area contributed by atoms with E-state index < -0.39 is 23.3 Å². The summed E-state index contributed by atoms with van der Waals surface area (Å²) < 4.78 is 14.7. The summed E-state index contributed by atoms with van der Waals surface area (Å²) in [6.07, 6.45) is 5.03. The predicted molar refractivity (Wildman–Crippen MR) is 117 cm³/mol. The summed E-state index contributed by atoms with van der Waals surface area (Å²) in [7, 11) is 0. The number of fused-ring (bicyclic) bond motifs is 2. The average Bonchev–Trinajstić information content (AvgIpc) is 2.69. The second-order valence-corrected chi connectivity index (χ2v) is 8.51. The molecule has 1 aliphatic carbocycles. The van der Waals surface area contributed by atoms with E-state index in [2.05, 4.69) is 20.3 Å². The molecule has 3 amide bonds. The number of benzene rings is 1. The molecule has 1 saturated heterocycles. The Hall–Kier alpha value is -3.36. The number of carbonyl (C=O) groups is 2. The molecule has 0 spiro atoms. The Morgan fingerprint density at radius 3 is 2.71 bits per heavy atom. The van der Waals surface area contributed by atoms with Gasteiger partial charge in [0.15, 0.2) is 5.82 Å². The third-order valence-corrected chi connectivity index (χ3v) is 6.02. The van der Waals surface area contributed by atoms with E-state index in [1.165, 1.54) is 24.0 Å². The van der Waals surface area contributed by atoms with Gasteiger partial charge in [-0.1, -0.05) is 6.92 Å². The first-order valence-electron chi connectivity index (χ1n) is 10.2. The molecule has 2 unspecified atom stereocenters. The fraction of sp³-hybridized carbons (Fsp3) is 0.409. The quantitative estimate of drug-likeness (QED) is 0.576. The number of aromatic nitrogens is 2. The minimum absolute atomic E-state index is 0. The van der Waals surface area contributed by atoms with Gasteiger partial charge in [-0.3, -0.25) is 4.79 Å². The highest BCUT2D eigenvalue weighted by atomic mass is 19.1. The van der Waals surface area contributed by atoms with Crippen molar-refractivity contribution in [3.05, 3.63) is 42.0 Å². The topological polar surface area (TPSA) is 114 Å². The van der Waals surface area contributed by atoms with E-state index in [9.17, 15) is 14.0 Å². The SMILES string of the molecule is CC(N)=NC(=O)C12CC(C[C@H](C)C1)N2C(=O)Nc1cc(-c2ncccn2)c(C)cc1F.[HH]. The van der Waals surface area contributed by atoms with Crippen molar-refractivity contribution < 1.29 is 15.4 Å². The number of anilines is 1. The van der Waals surface area contributed by atoms with Crippen LogP contribution in [0.5, 0.6) is 0 Å². The number of amides is 3. The molecule has 2 heterocycles. The van der Waals surface area contributed by atoms with Crippen molar-refractivity contribution in [2.24, 2.45) is 16.6 Å². The molecule has 1 aliphatic heterocycles. The highest BCUT2D eigenvalue weighted by Gasteiger charge is 2.62.